The summed E-state index contributed by atoms with van der Waals surface area (Å²) in [6, 6.07) is 0. The molecular weight excluding hydrogens is 128 g/mol. The first kappa shape index (κ1) is 7.43. The molecule has 0 rings (SSSR count). The highest BCUT2D eigenvalue weighted by Crippen LogP contribution is 1.79. The van der Waals surface area contributed by atoms with Gasteiger partial charge in [-0.25, -0.2) is 0 Å². The fourth-order valence-electron chi connectivity index (χ4n) is 0.187. The molecule has 4 heteroatoms. The molecule has 0 bridgehead atoms. The van der Waals surface area contributed by atoms with Gasteiger partial charge in [-0.15, -0.1) is 0 Å². The number of hydrogen-bond donors (Lipinski definition) is 1. The van der Waals surface area contributed by atoms with Gasteiger partial charge < -0.3 is 5.73 Å². The molecule has 0 aliphatic heterocycles. The zero-order valence-corrected chi connectivity index (χ0v) is 5.27. The first-order chi connectivity index (χ1) is 3.63. The van der Waals surface area contributed by atoms with Crippen molar-refractivity contribution in [1.29, 1.82) is 0 Å². The first-order valence-corrected chi connectivity index (χ1v) is 2.45. The third-order valence-corrected chi connectivity index (χ3v) is 0.572. The minimum absolute atomic E-state index is 0.0239. The highest BCUT2D eigenvalue weighted by molar-refractivity contribution is 6.64. The smallest absolute Gasteiger partial charge is 0.243 e. The lowest BCUT2D eigenvalue weighted by Crippen LogP contribution is -2.07. The molecule has 2 N–H and O–H groups in total. The Morgan fingerprint density at radius 1 is 1.88 bits per heavy atom. The van der Waals surface area contributed by atoms with Crippen molar-refractivity contribution in [3.05, 3.63) is 0 Å². The lowest BCUT2D eigenvalue weighted by molar-refractivity contribution is -0.110. The summed E-state index contributed by atoms with van der Waals surface area (Å²) in [5.41, 5.74) is 5.08. The number of amidine groups is 1. The van der Waals surface area contributed by atoms with Crippen molar-refractivity contribution in [3.63, 3.8) is 0 Å². The molecule has 0 radical (unpaired) electrons. The van der Waals surface area contributed by atoms with Gasteiger partial charge in [-0.2, -0.15) is 0 Å². The van der Waals surface area contributed by atoms with E-state index < -0.39 is 5.24 Å². The molecule has 0 spiro atoms. The van der Waals surface area contributed by atoms with Crippen molar-refractivity contribution in [2.45, 2.75) is 6.92 Å². The molecule has 0 aromatic rings. The topological polar surface area (TPSA) is 55.4 Å². The van der Waals surface area contributed by atoms with E-state index in [1.807, 2.05) is 0 Å². The molecule has 0 aliphatic carbocycles. The Labute approximate surface area is 52.5 Å². The highest BCUT2D eigenvalue weighted by atomic mass is 35.5. The van der Waals surface area contributed by atoms with Crippen LogP contribution < -0.4 is 5.73 Å². The third-order valence-electron chi connectivity index (χ3n) is 0.453. The maximum absolute atomic E-state index is 9.95. The summed E-state index contributed by atoms with van der Waals surface area (Å²) in [5.74, 6) is 0.374. The van der Waals surface area contributed by atoms with Crippen LogP contribution in [0.15, 0.2) is 4.99 Å². The van der Waals surface area contributed by atoms with Crippen LogP contribution in [0.3, 0.4) is 0 Å². The Bertz CT molecular complexity index is 117. The van der Waals surface area contributed by atoms with Crippen LogP contribution in [0.1, 0.15) is 6.92 Å². The minimum atomic E-state index is -0.491. The maximum atomic E-state index is 9.95. The third kappa shape index (κ3) is 5.43. The lowest BCUT2D eigenvalue weighted by atomic mass is 10.7. The molecule has 0 atom stereocenters. The molecule has 3 nitrogen and oxygen atoms in total. The van der Waals surface area contributed by atoms with Gasteiger partial charge in [0.05, 0.1) is 5.84 Å². The second-order valence-corrected chi connectivity index (χ2v) is 1.73. The predicted molar refractivity (Wildman–Crippen MR) is 33.0 cm³/mol. The van der Waals surface area contributed by atoms with E-state index in [1.165, 1.54) is 0 Å². The van der Waals surface area contributed by atoms with Crippen LogP contribution in [0.2, 0.25) is 0 Å². The van der Waals surface area contributed by atoms with E-state index in [0.29, 0.717) is 5.84 Å². The van der Waals surface area contributed by atoms with Gasteiger partial charge in [0, 0.05) is 0 Å². The van der Waals surface area contributed by atoms with Gasteiger partial charge in [0.25, 0.3) is 0 Å². The van der Waals surface area contributed by atoms with Gasteiger partial charge in [-0.3, -0.25) is 9.79 Å². The largest absolute Gasteiger partial charge is 0.388 e. The summed E-state index contributed by atoms with van der Waals surface area (Å²) < 4.78 is 0. The van der Waals surface area contributed by atoms with Crippen LogP contribution >= 0.6 is 11.6 Å². The Morgan fingerprint density at radius 2 is 2.38 bits per heavy atom. The molecule has 0 heterocycles. The fourth-order valence-corrected chi connectivity index (χ4v) is 0.247. The summed E-state index contributed by atoms with van der Waals surface area (Å²) in [4.78, 5) is 13.5. The molecule has 0 saturated heterocycles. The van der Waals surface area contributed by atoms with Gasteiger partial charge >= 0.3 is 0 Å². The van der Waals surface area contributed by atoms with Crippen LogP contribution in [-0.2, 0) is 4.79 Å². The molecule has 0 saturated carbocycles. The monoisotopic (exact) mass is 134 g/mol. The molecule has 0 aliphatic rings. The molecule has 0 unspecified atom stereocenters. The number of rotatable bonds is 2. The number of nitrogens with zero attached hydrogens (tertiary/aromatic N) is 1. The quantitative estimate of drug-likeness (QED) is 0.332. The average Bonchev–Trinajstić information content (AvgIpc) is 1.61. The Balaban J connectivity index is 3.45. The number of carbonyl (C=O) groups excluding carboxylic acids is 1. The van der Waals surface area contributed by atoms with E-state index in [-0.39, 0.29) is 6.54 Å². The zero-order valence-electron chi connectivity index (χ0n) is 4.52. The van der Waals surface area contributed by atoms with Crippen LogP contribution in [-0.4, -0.2) is 17.6 Å². The highest BCUT2D eigenvalue weighted by Gasteiger charge is 1.89. The second kappa shape index (κ2) is 3.43. The Morgan fingerprint density at radius 3 is 2.50 bits per heavy atom. The maximum Gasteiger partial charge on any atom is 0.243 e. The van der Waals surface area contributed by atoms with Gasteiger partial charge in [-0.1, -0.05) is 0 Å². The first-order valence-electron chi connectivity index (χ1n) is 2.08. The van der Waals surface area contributed by atoms with Crippen LogP contribution in [0.25, 0.3) is 0 Å². The van der Waals surface area contributed by atoms with E-state index in [9.17, 15) is 4.79 Å². The SMILES string of the molecule is CC(N)=NCC(=O)Cl. The minimum Gasteiger partial charge on any atom is -0.388 e. The molecule has 8 heavy (non-hydrogen) atoms. The van der Waals surface area contributed by atoms with Gasteiger partial charge in [0.15, 0.2) is 0 Å². The van der Waals surface area contributed by atoms with E-state index in [4.69, 9.17) is 17.3 Å². The fraction of sp³-hybridized carbons (Fsp3) is 0.500. The number of aliphatic imine (C=N–C) groups is 1. The van der Waals surface area contributed by atoms with Gasteiger partial charge in [0.1, 0.15) is 6.54 Å². The van der Waals surface area contributed by atoms with E-state index in [2.05, 4.69) is 4.99 Å². The zero-order chi connectivity index (χ0) is 6.57. The molecule has 0 aromatic carbocycles. The number of carbonyl (C=O) groups is 1. The normalized spacial score (nSPS) is 11.5. The molecular formula is C4H7ClN2O. The van der Waals surface area contributed by atoms with Crippen molar-refractivity contribution in [2.75, 3.05) is 6.54 Å². The standard InChI is InChI=1S/C4H7ClN2O/c1-3(6)7-2-4(5)8/h2H2,1H3,(H2,6,7). The molecule has 0 aromatic heterocycles. The van der Waals surface area contributed by atoms with Crippen molar-refractivity contribution in [3.8, 4) is 0 Å². The van der Waals surface area contributed by atoms with E-state index in [1.54, 1.807) is 6.92 Å². The van der Waals surface area contributed by atoms with Crippen molar-refractivity contribution < 1.29 is 4.79 Å². The van der Waals surface area contributed by atoms with Crippen LogP contribution in [0, 0.1) is 0 Å². The number of hydrogen-bond acceptors (Lipinski definition) is 2. The van der Waals surface area contributed by atoms with E-state index >= 15 is 0 Å². The van der Waals surface area contributed by atoms with Crippen LogP contribution in [0.5, 0.6) is 0 Å². The Kier molecular flexibility index (Phi) is 3.19. The van der Waals surface area contributed by atoms with Crippen molar-refractivity contribution in [2.24, 2.45) is 10.7 Å². The second-order valence-electron chi connectivity index (χ2n) is 1.31. The summed E-state index contributed by atoms with van der Waals surface area (Å²) in [6.07, 6.45) is 0. The van der Waals surface area contributed by atoms with Crippen molar-refractivity contribution in [1.82, 2.24) is 0 Å². The summed E-state index contributed by atoms with van der Waals surface area (Å²) in [7, 11) is 0. The molecule has 0 amide bonds. The average molecular weight is 135 g/mol. The van der Waals surface area contributed by atoms with Gasteiger partial charge in [0.2, 0.25) is 5.24 Å². The Hall–Kier alpha value is -0.570. The molecule has 46 valence electrons. The van der Waals surface area contributed by atoms with Crippen LogP contribution in [0.4, 0.5) is 0 Å². The predicted octanol–water partition coefficient (Wildman–Crippen LogP) is 0.129. The number of halogens is 1. The summed E-state index contributed by atoms with van der Waals surface area (Å²) in [5, 5.41) is -0.491. The van der Waals surface area contributed by atoms with E-state index in [0.717, 1.165) is 0 Å². The molecule has 0 fully saturated rings. The lowest BCUT2D eigenvalue weighted by Gasteiger charge is -1.85. The summed E-state index contributed by atoms with van der Waals surface area (Å²) in [6.45, 7) is 1.57. The summed E-state index contributed by atoms with van der Waals surface area (Å²) >= 11 is 4.92. The van der Waals surface area contributed by atoms with Crippen molar-refractivity contribution >= 4 is 22.7 Å². The van der Waals surface area contributed by atoms with Gasteiger partial charge in [-0.05, 0) is 18.5 Å². The number of nitrogens with two attached hydrogens (primary N) is 1.